The first-order valence-electron chi connectivity index (χ1n) is 6.84. The molecular formula is C12H23N5. The maximum atomic E-state index is 4.16. The zero-order valence-electron chi connectivity index (χ0n) is 11.0. The van der Waals surface area contributed by atoms with Crippen LogP contribution in [0.2, 0.25) is 0 Å². The zero-order chi connectivity index (χ0) is 12.1. The maximum absolute atomic E-state index is 4.16. The van der Waals surface area contributed by atoms with E-state index in [1.165, 1.54) is 32.2 Å². The highest BCUT2D eigenvalue weighted by Gasteiger charge is 2.22. The summed E-state index contributed by atoms with van der Waals surface area (Å²) in [4.78, 5) is 2.54. The molecule has 0 bridgehead atoms. The molecular weight excluding hydrogens is 214 g/mol. The molecule has 5 nitrogen and oxygen atoms in total. The number of rotatable bonds is 5. The van der Waals surface area contributed by atoms with Crippen molar-refractivity contribution < 1.29 is 0 Å². The highest BCUT2D eigenvalue weighted by atomic mass is 15.5. The van der Waals surface area contributed by atoms with Gasteiger partial charge in [0, 0.05) is 12.6 Å². The van der Waals surface area contributed by atoms with E-state index in [4.69, 9.17) is 0 Å². The second-order valence-corrected chi connectivity index (χ2v) is 4.85. The Morgan fingerprint density at radius 1 is 1.29 bits per heavy atom. The van der Waals surface area contributed by atoms with Gasteiger partial charge in [-0.3, -0.25) is 4.90 Å². The molecule has 0 unspecified atom stereocenters. The molecule has 0 aromatic carbocycles. The number of likely N-dealkylation sites (tertiary alicyclic amines) is 1. The second kappa shape index (κ2) is 6.10. The molecule has 0 saturated carbocycles. The largest absolute Gasteiger partial charge is 0.293 e. The van der Waals surface area contributed by atoms with Crippen LogP contribution in [-0.2, 0) is 13.1 Å². The molecule has 17 heavy (non-hydrogen) atoms. The molecule has 2 rings (SSSR count). The first-order chi connectivity index (χ1) is 8.35. The fourth-order valence-corrected chi connectivity index (χ4v) is 2.63. The average Bonchev–Trinajstić information content (AvgIpc) is 2.78. The van der Waals surface area contributed by atoms with Crippen LogP contribution >= 0.6 is 0 Å². The minimum absolute atomic E-state index is 0.718. The predicted octanol–water partition coefficient (Wildman–Crippen LogP) is 1.85. The molecule has 0 N–H and O–H groups in total. The van der Waals surface area contributed by atoms with Crippen LogP contribution in [0.3, 0.4) is 0 Å². The van der Waals surface area contributed by atoms with Gasteiger partial charge in [-0.15, -0.1) is 5.10 Å². The van der Waals surface area contributed by atoms with E-state index < -0.39 is 0 Å². The predicted molar refractivity (Wildman–Crippen MR) is 66.4 cm³/mol. The maximum Gasteiger partial charge on any atom is 0.165 e. The fourth-order valence-electron chi connectivity index (χ4n) is 2.63. The highest BCUT2D eigenvalue weighted by Crippen LogP contribution is 2.20. The summed E-state index contributed by atoms with van der Waals surface area (Å²) in [6.45, 7) is 7.45. The van der Waals surface area contributed by atoms with Gasteiger partial charge in [0.1, 0.15) is 0 Å². The number of aromatic nitrogens is 4. The van der Waals surface area contributed by atoms with Gasteiger partial charge >= 0.3 is 0 Å². The van der Waals surface area contributed by atoms with E-state index in [2.05, 4.69) is 34.3 Å². The summed E-state index contributed by atoms with van der Waals surface area (Å²) >= 11 is 0. The lowest BCUT2D eigenvalue weighted by molar-refractivity contribution is 0.130. The number of hydrogen-bond donors (Lipinski definition) is 0. The Morgan fingerprint density at radius 3 is 2.94 bits per heavy atom. The Morgan fingerprint density at radius 2 is 2.18 bits per heavy atom. The molecule has 0 aliphatic carbocycles. The first-order valence-corrected chi connectivity index (χ1v) is 6.84. The van der Waals surface area contributed by atoms with Crippen molar-refractivity contribution in [3.05, 3.63) is 5.82 Å². The van der Waals surface area contributed by atoms with Crippen molar-refractivity contribution in [2.75, 3.05) is 6.54 Å². The first kappa shape index (κ1) is 12.5. The summed E-state index contributed by atoms with van der Waals surface area (Å²) in [6.07, 6.45) is 6.32. The number of tetrazole rings is 1. The van der Waals surface area contributed by atoms with Crippen LogP contribution in [0.25, 0.3) is 0 Å². The van der Waals surface area contributed by atoms with Crippen molar-refractivity contribution in [1.29, 1.82) is 0 Å². The average molecular weight is 237 g/mol. The summed E-state index contributed by atoms with van der Waals surface area (Å²) in [5, 5.41) is 12.0. The molecule has 1 saturated heterocycles. The van der Waals surface area contributed by atoms with Crippen LogP contribution in [0.15, 0.2) is 0 Å². The van der Waals surface area contributed by atoms with Gasteiger partial charge in [0.05, 0.1) is 6.54 Å². The monoisotopic (exact) mass is 237 g/mol. The van der Waals surface area contributed by atoms with Gasteiger partial charge in [0.2, 0.25) is 0 Å². The molecule has 0 radical (unpaired) electrons. The van der Waals surface area contributed by atoms with Crippen molar-refractivity contribution in [1.82, 2.24) is 25.1 Å². The smallest absolute Gasteiger partial charge is 0.165 e. The molecule has 1 fully saturated rings. The van der Waals surface area contributed by atoms with E-state index in [9.17, 15) is 0 Å². The Balaban J connectivity index is 2.00. The number of nitrogens with zero attached hydrogens (tertiary/aromatic N) is 5. The molecule has 1 aromatic heterocycles. The summed E-state index contributed by atoms with van der Waals surface area (Å²) in [5.41, 5.74) is 0. The van der Waals surface area contributed by atoms with Crippen molar-refractivity contribution in [2.24, 2.45) is 0 Å². The molecule has 1 aliphatic rings. The van der Waals surface area contributed by atoms with Crippen LogP contribution in [0.4, 0.5) is 0 Å². The van der Waals surface area contributed by atoms with E-state index in [-0.39, 0.29) is 0 Å². The lowest BCUT2D eigenvalue weighted by Crippen LogP contribution is -2.39. The van der Waals surface area contributed by atoms with E-state index in [0.717, 1.165) is 31.4 Å². The van der Waals surface area contributed by atoms with E-state index >= 15 is 0 Å². The Kier molecular flexibility index (Phi) is 4.48. The molecule has 96 valence electrons. The van der Waals surface area contributed by atoms with Crippen molar-refractivity contribution in [2.45, 2.75) is 65.1 Å². The molecule has 1 aromatic rings. The summed E-state index contributed by atoms with van der Waals surface area (Å²) < 4.78 is 1.95. The van der Waals surface area contributed by atoms with Gasteiger partial charge in [-0.2, -0.15) is 0 Å². The highest BCUT2D eigenvalue weighted by molar-refractivity contribution is 4.85. The third kappa shape index (κ3) is 3.03. The van der Waals surface area contributed by atoms with Gasteiger partial charge in [0.15, 0.2) is 5.82 Å². The summed E-state index contributed by atoms with van der Waals surface area (Å²) in [5.74, 6) is 1.02. The van der Waals surface area contributed by atoms with Crippen molar-refractivity contribution in [3.63, 3.8) is 0 Å². The minimum atomic E-state index is 0.718. The summed E-state index contributed by atoms with van der Waals surface area (Å²) in [7, 11) is 0. The van der Waals surface area contributed by atoms with Crippen LogP contribution in [-0.4, -0.2) is 37.7 Å². The van der Waals surface area contributed by atoms with Crippen LogP contribution < -0.4 is 0 Å². The molecule has 0 amide bonds. The van der Waals surface area contributed by atoms with Crippen LogP contribution in [0, 0.1) is 0 Å². The van der Waals surface area contributed by atoms with Crippen LogP contribution in [0.5, 0.6) is 0 Å². The van der Waals surface area contributed by atoms with E-state index in [1.807, 2.05) is 4.68 Å². The molecule has 1 atom stereocenters. The zero-order valence-corrected chi connectivity index (χ0v) is 11.0. The topological polar surface area (TPSA) is 46.8 Å². The van der Waals surface area contributed by atoms with Crippen LogP contribution in [0.1, 0.15) is 51.8 Å². The Bertz CT molecular complexity index is 335. The molecule has 1 aliphatic heterocycles. The third-order valence-electron chi connectivity index (χ3n) is 3.61. The Hall–Kier alpha value is -0.970. The normalized spacial score (nSPS) is 21.9. The second-order valence-electron chi connectivity index (χ2n) is 4.85. The third-order valence-corrected chi connectivity index (χ3v) is 3.61. The molecule has 2 heterocycles. The number of piperidine rings is 1. The lowest BCUT2D eigenvalue weighted by Gasteiger charge is -2.34. The van der Waals surface area contributed by atoms with Gasteiger partial charge in [-0.1, -0.05) is 20.3 Å². The quantitative estimate of drug-likeness (QED) is 0.784. The van der Waals surface area contributed by atoms with Gasteiger partial charge in [0.25, 0.3) is 0 Å². The SMILES string of the molecule is CCCn1nnnc1CN1CCCC[C@H]1CC. The van der Waals surface area contributed by atoms with Gasteiger partial charge < -0.3 is 0 Å². The van der Waals surface area contributed by atoms with Gasteiger partial charge in [-0.05, 0) is 42.7 Å². The fraction of sp³-hybridized carbons (Fsp3) is 0.917. The summed E-state index contributed by atoms with van der Waals surface area (Å²) in [6, 6.07) is 0.718. The standard InChI is InChI=1S/C12H23N5/c1-3-8-17-12(13-14-15-17)10-16-9-6-5-7-11(16)4-2/h11H,3-10H2,1-2H3/t11-/m1/s1. The van der Waals surface area contributed by atoms with E-state index in [0.29, 0.717) is 0 Å². The Labute approximate surface area is 103 Å². The van der Waals surface area contributed by atoms with Crippen molar-refractivity contribution in [3.8, 4) is 0 Å². The van der Waals surface area contributed by atoms with Gasteiger partial charge in [-0.25, -0.2) is 4.68 Å². The lowest BCUT2D eigenvalue weighted by atomic mass is 10.0. The molecule has 5 heteroatoms. The molecule has 0 spiro atoms. The van der Waals surface area contributed by atoms with E-state index in [1.54, 1.807) is 0 Å². The number of hydrogen-bond acceptors (Lipinski definition) is 4. The van der Waals surface area contributed by atoms with Crippen molar-refractivity contribution >= 4 is 0 Å². The number of aryl methyl sites for hydroxylation is 1. The minimum Gasteiger partial charge on any atom is -0.293 e.